The number of nitrogens with one attached hydrogen (secondary N) is 1. The van der Waals surface area contributed by atoms with E-state index in [1.807, 2.05) is 0 Å². The molecule has 0 aromatic heterocycles. The molecule has 2 aromatic rings. The van der Waals surface area contributed by atoms with Crippen LogP contribution in [-0.4, -0.2) is 26.9 Å². The zero-order chi connectivity index (χ0) is 17.9. The van der Waals surface area contributed by atoms with Crippen molar-refractivity contribution in [2.45, 2.75) is 12.3 Å². The molecule has 0 aliphatic carbocycles. The van der Waals surface area contributed by atoms with Gasteiger partial charge >= 0.3 is 0 Å². The van der Waals surface area contributed by atoms with Gasteiger partial charge in [0.2, 0.25) is 12.7 Å². The largest absolute Gasteiger partial charge is 0.454 e. The SMILES string of the molecule is O=C(CS(=O)(=O)Cc1ccc(Cl)cc1)NCc1ccc2c(c1)OCO2. The smallest absolute Gasteiger partial charge is 0.235 e. The van der Waals surface area contributed by atoms with Gasteiger partial charge < -0.3 is 14.8 Å². The fourth-order valence-electron chi connectivity index (χ4n) is 2.39. The Hall–Kier alpha value is -2.25. The van der Waals surface area contributed by atoms with E-state index in [2.05, 4.69) is 5.32 Å². The van der Waals surface area contributed by atoms with Crippen LogP contribution in [0.1, 0.15) is 11.1 Å². The summed E-state index contributed by atoms with van der Waals surface area (Å²) in [6.45, 7) is 0.389. The number of carbonyl (C=O) groups excluding carboxylic acids is 1. The number of sulfone groups is 1. The van der Waals surface area contributed by atoms with Crippen LogP contribution >= 0.6 is 11.6 Å². The average Bonchev–Trinajstić information content (AvgIpc) is 3.02. The lowest BCUT2D eigenvalue weighted by molar-refractivity contribution is -0.118. The quantitative estimate of drug-likeness (QED) is 0.830. The summed E-state index contributed by atoms with van der Waals surface area (Å²) in [4.78, 5) is 11.9. The summed E-state index contributed by atoms with van der Waals surface area (Å²) >= 11 is 5.77. The van der Waals surface area contributed by atoms with Gasteiger partial charge in [-0.1, -0.05) is 29.8 Å². The molecular weight excluding hydrogens is 366 g/mol. The van der Waals surface area contributed by atoms with E-state index in [1.165, 1.54) is 0 Å². The van der Waals surface area contributed by atoms with E-state index in [4.69, 9.17) is 21.1 Å². The predicted octanol–water partition coefficient (Wildman–Crippen LogP) is 2.30. The van der Waals surface area contributed by atoms with Crippen molar-refractivity contribution in [2.75, 3.05) is 12.5 Å². The van der Waals surface area contributed by atoms with E-state index < -0.39 is 21.5 Å². The predicted molar refractivity (Wildman–Crippen MR) is 93.4 cm³/mol. The Morgan fingerprint density at radius 3 is 2.48 bits per heavy atom. The fourth-order valence-corrected chi connectivity index (χ4v) is 3.82. The minimum absolute atomic E-state index is 0.175. The Balaban J connectivity index is 1.53. The second kappa shape index (κ2) is 7.33. The molecule has 0 unspecified atom stereocenters. The molecule has 8 heteroatoms. The topological polar surface area (TPSA) is 81.7 Å². The Labute approximate surface area is 150 Å². The molecule has 132 valence electrons. The highest BCUT2D eigenvalue weighted by atomic mass is 35.5. The van der Waals surface area contributed by atoms with Crippen LogP contribution in [0.4, 0.5) is 0 Å². The molecule has 2 aromatic carbocycles. The van der Waals surface area contributed by atoms with Crippen molar-refractivity contribution in [3.05, 3.63) is 58.6 Å². The van der Waals surface area contributed by atoms with Crippen LogP contribution in [-0.2, 0) is 26.9 Å². The Kier molecular flexibility index (Phi) is 5.15. The second-order valence-corrected chi connectivity index (χ2v) is 8.12. The fraction of sp³-hybridized carbons (Fsp3) is 0.235. The first-order valence-electron chi connectivity index (χ1n) is 7.51. The van der Waals surface area contributed by atoms with Crippen LogP contribution in [0.25, 0.3) is 0 Å². The molecule has 25 heavy (non-hydrogen) atoms. The van der Waals surface area contributed by atoms with Gasteiger partial charge in [0.1, 0.15) is 5.75 Å². The van der Waals surface area contributed by atoms with Crippen molar-refractivity contribution >= 4 is 27.3 Å². The molecule has 3 rings (SSSR count). The zero-order valence-electron chi connectivity index (χ0n) is 13.2. The number of carbonyl (C=O) groups is 1. The van der Waals surface area contributed by atoms with Gasteiger partial charge in [-0.2, -0.15) is 0 Å². The lowest BCUT2D eigenvalue weighted by Crippen LogP contribution is -2.30. The first kappa shape index (κ1) is 17.6. The summed E-state index contributed by atoms with van der Waals surface area (Å²) in [6, 6.07) is 11.8. The molecule has 0 saturated carbocycles. The Bertz CT molecular complexity index is 880. The normalized spacial score (nSPS) is 12.8. The van der Waals surface area contributed by atoms with Crippen LogP contribution in [0.2, 0.25) is 5.02 Å². The lowest BCUT2D eigenvalue weighted by Gasteiger charge is -2.07. The second-order valence-electron chi connectivity index (χ2n) is 5.62. The summed E-state index contributed by atoms with van der Waals surface area (Å²) in [6.07, 6.45) is 0. The van der Waals surface area contributed by atoms with Gasteiger partial charge in [0.15, 0.2) is 21.3 Å². The highest BCUT2D eigenvalue weighted by Crippen LogP contribution is 2.32. The van der Waals surface area contributed by atoms with Crippen LogP contribution in [0, 0.1) is 0 Å². The van der Waals surface area contributed by atoms with E-state index in [-0.39, 0.29) is 19.1 Å². The minimum atomic E-state index is -3.56. The minimum Gasteiger partial charge on any atom is -0.454 e. The highest BCUT2D eigenvalue weighted by molar-refractivity contribution is 7.91. The van der Waals surface area contributed by atoms with E-state index >= 15 is 0 Å². The number of hydrogen-bond donors (Lipinski definition) is 1. The van der Waals surface area contributed by atoms with Gasteiger partial charge in [0.05, 0.1) is 5.75 Å². The molecule has 1 aliphatic heterocycles. The van der Waals surface area contributed by atoms with Crippen molar-refractivity contribution in [3.63, 3.8) is 0 Å². The van der Waals surface area contributed by atoms with Crippen molar-refractivity contribution in [3.8, 4) is 11.5 Å². The summed E-state index contributed by atoms with van der Waals surface area (Å²) in [7, 11) is -3.56. The standard InChI is InChI=1S/C17H16ClNO5S/c18-14-4-1-12(2-5-14)9-25(21,22)10-17(20)19-8-13-3-6-15-16(7-13)24-11-23-15/h1-7H,8-11H2,(H,19,20). The molecule has 0 radical (unpaired) electrons. The van der Waals surface area contributed by atoms with Crippen LogP contribution in [0.15, 0.2) is 42.5 Å². The van der Waals surface area contributed by atoms with E-state index in [0.29, 0.717) is 22.1 Å². The summed E-state index contributed by atoms with van der Waals surface area (Å²) < 4.78 is 34.7. The number of benzene rings is 2. The lowest BCUT2D eigenvalue weighted by atomic mass is 10.2. The molecule has 0 bridgehead atoms. The number of rotatable bonds is 6. The molecule has 0 saturated heterocycles. The highest BCUT2D eigenvalue weighted by Gasteiger charge is 2.18. The summed E-state index contributed by atoms with van der Waals surface area (Å²) in [5.74, 6) is -0.0590. The van der Waals surface area contributed by atoms with E-state index in [9.17, 15) is 13.2 Å². The maximum atomic E-state index is 12.1. The monoisotopic (exact) mass is 381 g/mol. The maximum Gasteiger partial charge on any atom is 0.235 e. The summed E-state index contributed by atoms with van der Waals surface area (Å²) in [5, 5.41) is 3.14. The van der Waals surface area contributed by atoms with E-state index in [0.717, 1.165) is 5.56 Å². The molecule has 0 atom stereocenters. The molecule has 0 fully saturated rings. The van der Waals surface area contributed by atoms with Crippen LogP contribution < -0.4 is 14.8 Å². The Morgan fingerprint density at radius 2 is 1.72 bits per heavy atom. The number of fused-ring (bicyclic) bond motifs is 1. The third-order valence-electron chi connectivity index (χ3n) is 3.58. The maximum absolute atomic E-state index is 12.1. The van der Waals surface area contributed by atoms with Crippen molar-refractivity contribution in [2.24, 2.45) is 0 Å². The molecule has 0 spiro atoms. The van der Waals surface area contributed by atoms with Gasteiger partial charge in [-0.3, -0.25) is 4.79 Å². The van der Waals surface area contributed by atoms with Crippen molar-refractivity contribution in [1.29, 1.82) is 0 Å². The average molecular weight is 382 g/mol. The summed E-state index contributed by atoms with van der Waals surface area (Å²) in [5.41, 5.74) is 1.39. The zero-order valence-corrected chi connectivity index (χ0v) is 14.8. The first-order chi connectivity index (χ1) is 11.9. The van der Waals surface area contributed by atoms with E-state index in [1.54, 1.807) is 42.5 Å². The van der Waals surface area contributed by atoms with Crippen molar-refractivity contribution in [1.82, 2.24) is 5.32 Å². The number of hydrogen-bond acceptors (Lipinski definition) is 5. The van der Waals surface area contributed by atoms with Crippen LogP contribution in [0.3, 0.4) is 0 Å². The van der Waals surface area contributed by atoms with Gasteiger partial charge in [-0.05, 0) is 35.4 Å². The molecule has 6 nitrogen and oxygen atoms in total. The molecule has 1 N–H and O–H groups in total. The first-order valence-corrected chi connectivity index (χ1v) is 9.71. The third kappa shape index (κ3) is 4.87. The van der Waals surface area contributed by atoms with Crippen LogP contribution in [0.5, 0.6) is 11.5 Å². The van der Waals surface area contributed by atoms with Gasteiger partial charge in [-0.15, -0.1) is 0 Å². The van der Waals surface area contributed by atoms with Gasteiger partial charge in [0.25, 0.3) is 0 Å². The third-order valence-corrected chi connectivity index (χ3v) is 5.30. The Morgan fingerprint density at radius 1 is 1.04 bits per heavy atom. The number of ether oxygens (including phenoxy) is 2. The number of amides is 1. The molecule has 1 aliphatic rings. The molecule has 1 amide bonds. The van der Waals surface area contributed by atoms with Gasteiger partial charge in [0, 0.05) is 11.6 Å². The number of halogens is 1. The molecule has 1 heterocycles. The van der Waals surface area contributed by atoms with Gasteiger partial charge in [-0.25, -0.2) is 8.42 Å². The van der Waals surface area contributed by atoms with Crippen molar-refractivity contribution < 1.29 is 22.7 Å². The molecular formula is C17H16ClNO5S.